The summed E-state index contributed by atoms with van der Waals surface area (Å²) in [5, 5.41) is 22.6. The molecular formula is C36H59NO3. The van der Waals surface area contributed by atoms with Crippen LogP contribution in [0.5, 0.6) is 0 Å². The first-order chi connectivity index (χ1) is 19.7. The first-order valence-corrected chi connectivity index (χ1v) is 15.8. The number of carbonyl (C=O) groups excluding carboxylic acids is 1. The van der Waals surface area contributed by atoms with E-state index < -0.39 is 12.1 Å². The van der Waals surface area contributed by atoms with E-state index in [-0.39, 0.29) is 12.5 Å². The molecule has 0 heterocycles. The van der Waals surface area contributed by atoms with Gasteiger partial charge in [0.2, 0.25) is 5.91 Å². The molecular weight excluding hydrogens is 494 g/mol. The van der Waals surface area contributed by atoms with Crippen LogP contribution in [0, 0.1) is 0 Å². The van der Waals surface area contributed by atoms with Gasteiger partial charge in [-0.3, -0.25) is 4.79 Å². The van der Waals surface area contributed by atoms with Crippen molar-refractivity contribution in [3.8, 4) is 0 Å². The lowest BCUT2D eigenvalue weighted by molar-refractivity contribution is -0.123. The molecule has 40 heavy (non-hydrogen) atoms. The predicted octanol–water partition coefficient (Wildman–Crippen LogP) is 9.00. The Kier molecular flexibility index (Phi) is 29.2. The number of nitrogens with one attached hydrogen (secondary N) is 1. The van der Waals surface area contributed by atoms with Crippen molar-refractivity contribution in [2.75, 3.05) is 6.61 Å². The topological polar surface area (TPSA) is 69.6 Å². The molecule has 0 aliphatic carbocycles. The smallest absolute Gasteiger partial charge is 0.220 e. The molecule has 0 aliphatic heterocycles. The van der Waals surface area contributed by atoms with Crippen molar-refractivity contribution < 1.29 is 15.0 Å². The Hall–Kier alpha value is -2.43. The third-order valence-electron chi connectivity index (χ3n) is 6.42. The molecule has 226 valence electrons. The molecule has 0 aromatic rings. The molecule has 2 atom stereocenters. The van der Waals surface area contributed by atoms with Crippen molar-refractivity contribution in [1.29, 1.82) is 0 Å². The van der Waals surface area contributed by atoms with Gasteiger partial charge in [0.05, 0.1) is 18.8 Å². The summed E-state index contributed by atoms with van der Waals surface area (Å²) in [6.07, 6.45) is 45.1. The maximum absolute atomic E-state index is 12.2. The largest absolute Gasteiger partial charge is 0.394 e. The molecule has 0 aliphatic rings. The van der Waals surface area contributed by atoms with Gasteiger partial charge in [-0.15, -0.1) is 0 Å². The summed E-state index contributed by atoms with van der Waals surface area (Å²) in [4.78, 5) is 12.2. The van der Waals surface area contributed by atoms with Crippen LogP contribution in [-0.4, -0.2) is 34.9 Å². The predicted molar refractivity (Wildman–Crippen MR) is 174 cm³/mol. The van der Waals surface area contributed by atoms with Gasteiger partial charge >= 0.3 is 0 Å². The zero-order valence-electron chi connectivity index (χ0n) is 25.6. The fourth-order valence-corrected chi connectivity index (χ4v) is 3.99. The minimum Gasteiger partial charge on any atom is -0.394 e. The lowest BCUT2D eigenvalue weighted by atomic mass is 10.0. The Bertz CT molecular complexity index is 773. The molecule has 0 aromatic carbocycles. The average Bonchev–Trinajstić information content (AvgIpc) is 2.96. The summed E-state index contributed by atoms with van der Waals surface area (Å²) in [6.45, 7) is 4.10. The van der Waals surface area contributed by atoms with Crippen molar-refractivity contribution in [3.05, 3.63) is 85.1 Å². The second kappa shape index (κ2) is 31.1. The van der Waals surface area contributed by atoms with Gasteiger partial charge in [-0.2, -0.15) is 0 Å². The van der Waals surface area contributed by atoms with Crippen LogP contribution in [0.25, 0.3) is 0 Å². The fourth-order valence-electron chi connectivity index (χ4n) is 3.99. The number of rotatable bonds is 26. The zero-order chi connectivity index (χ0) is 29.4. The summed E-state index contributed by atoms with van der Waals surface area (Å²) < 4.78 is 0. The lowest BCUT2D eigenvalue weighted by Gasteiger charge is -2.22. The Labute approximate surface area is 246 Å². The first-order valence-electron chi connectivity index (χ1n) is 15.8. The van der Waals surface area contributed by atoms with Crippen molar-refractivity contribution in [2.24, 2.45) is 0 Å². The lowest BCUT2D eigenvalue weighted by Crippen LogP contribution is -2.45. The van der Waals surface area contributed by atoms with Crippen LogP contribution in [0.15, 0.2) is 85.1 Å². The Morgan fingerprint density at radius 1 is 0.625 bits per heavy atom. The summed E-state index contributed by atoms with van der Waals surface area (Å²) in [7, 11) is 0. The second-order valence-corrected chi connectivity index (χ2v) is 10.1. The number of aliphatic hydroxyl groups excluding tert-OH is 2. The molecule has 0 spiro atoms. The van der Waals surface area contributed by atoms with E-state index in [1.807, 2.05) is 0 Å². The number of hydrogen-bond donors (Lipinski definition) is 3. The second-order valence-electron chi connectivity index (χ2n) is 10.1. The SMILES string of the molecule is CC/C=C\C/C=C\C/C=C\C/C=C\C/C=C\C/C=C\C/C=C\CCCC(=O)NC(CO)C(O)CCCCCCC. The van der Waals surface area contributed by atoms with Crippen LogP contribution in [0.1, 0.15) is 117 Å². The van der Waals surface area contributed by atoms with Crippen molar-refractivity contribution >= 4 is 5.91 Å². The van der Waals surface area contributed by atoms with E-state index in [1.165, 1.54) is 19.3 Å². The van der Waals surface area contributed by atoms with Crippen molar-refractivity contribution in [3.63, 3.8) is 0 Å². The van der Waals surface area contributed by atoms with Crippen LogP contribution in [0.2, 0.25) is 0 Å². The molecule has 3 N–H and O–H groups in total. The van der Waals surface area contributed by atoms with E-state index in [0.717, 1.165) is 70.6 Å². The Morgan fingerprint density at radius 2 is 1.07 bits per heavy atom. The minimum absolute atomic E-state index is 0.102. The highest BCUT2D eigenvalue weighted by Crippen LogP contribution is 2.10. The molecule has 0 rings (SSSR count). The van der Waals surface area contributed by atoms with Crippen LogP contribution in [0.3, 0.4) is 0 Å². The molecule has 0 aromatic heterocycles. The standard InChI is InChI=1S/C36H59NO3/c1-3-5-7-9-10-11-12-13-14-15-16-17-18-19-20-21-22-23-24-25-26-28-30-32-36(40)37-34(33-38)35(39)31-29-27-8-6-4-2/h5,7,10-11,13-14,16-17,19-20,22-23,25-26,34-35,38-39H,3-4,6,8-9,12,15,18,21,24,27-33H2,1-2H3,(H,37,40)/b7-5-,11-10-,14-13-,17-16-,20-19-,23-22-,26-25-. The summed E-state index contributed by atoms with van der Waals surface area (Å²) in [5.41, 5.74) is 0. The van der Waals surface area contributed by atoms with Gasteiger partial charge in [-0.1, -0.05) is 131 Å². The minimum atomic E-state index is -0.683. The normalized spacial score (nSPS) is 14.4. The van der Waals surface area contributed by atoms with Crippen molar-refractivity contribution in [1.82, 2.24) is 5.32 Å². The van der Waals surface area contributed by atoms with Crippen LogP contribution < -0.4 is 5.32 Å². The molecule has 0 fully saturated rings. The zero-order valence-corrected chi connectivity index (χ0v) is 25.6. The number of allylic oxidation sites excluding steroid dienone is 14. The van der Waals surface area contributed by atoms with E-state index in [4.69, 9.17) is 0 Å². The van der Waals surface area contributed by atoms with Gasteiger partial charge in [-0.05, 0) is 64.2 Å². The Morgan fingerprint density at radius 3 is 1.52 bits per heavy atom. The number of unbranched alkanes of at least 4 members (excludes halogenated alkanes) is 5. The molecule has 0 radical (unpaired) electrons. The fraction of sp³-hybridized carbons (Fsp3) is 0.583. The van der Waals surface area contributed by atoms with Crippen LogP contribution in [-0.2, 0) is 4.79 Å². The van der Waals surface area contributed by atoms with Gasteiger partial charge in [-0.25, -0.2) is 0 Å². The number of aliphatic hydroxyl groups is 2. The highest BCUT2D eigenvalue weighted by Gasteiger charge is 2.19. The molecule has 4 nitrogen and oxygen atoms in total. The highest BCUT2D eigenvalue weighted by atomic mass is 16.3. The maximum Gasteiger partial charge on any atom is 0.220 e. The highest BCUT2D eigenvalue weighted by molar-refractivity contribution is 5.76. The molecule has 1 amide bonds. The van der Waals surface area contributed by atoms with E-state index in [2.05, 4.69) is 104 Å². The quantitative estimate of drug-likeness (QED) is 0.0739. The van der Waals surface area contributed by atoms with Gasteiger partial charge in [0.25, 0.3) is 0 Å². The van der Waals surface area contributed by atoms with Crippen molar-refractivity contribution in [2.45, 2.75) is 129 Å². The summed E-state index contributed by atoms with van der Waals surface area (Å²) in [5.74, 6) is -0.102. The van der Waals surface area contributed by atoms with E-state index in [0.29, 0.717) is 12.8 Å². The number of carbonyl (C=O) groups is 1. The van der Waals surface area contributed by atoms with E-state index >= 15 is 0 Å². The summed E-state index contributed by atoms with van der Waals surface area (Å²) >= 11 is 0. The van der Waals surface area contributed by atoms with Gasteiger partial charge in [0.1, 0.15) is 0 Å². The molecule has 2 unspecified atom stereocenters. The van der Waals surface area contributed by atoms with Crippen LogP contribution >= 0.6 is 0 Å². The van der Waals surface area contributed by atoms with Gasteiger partial charge in [0.15, 0.2) is 0 Å². The molecule has 0 bridgehead atoms. The maximum atomic E-state index is 12.2. The van der Waals surface area contributed by atoms with E-state index in [1.54, 1.807) is 0 Å². The number of amides is 1. The third kappa shape index (κ3) is 27.1. The molecule has 4 heteroatoms. The Balaban J connectivity index is 3.77. The van der Waals surface area contributed by atoms with Crippen LogP contribution in [0.4, 0.5) is 0 Å². The average molecular weight is 554 g/mol. The summed E-state index contributed by atoms with van der Waals surface area (Å²) in [6, 6.07) is -0.567. The van der Waals surface area contributed by atoms with Gasteiger partial charge < -0.3 is 15.5 Å². The third-order valence-corrected chi connectivity index (χ3v) is 6.42. The first kappa shape index (κ1) is 37.6. The van der Waals surface area contributed by atoms with E-state index in [9.17, 15) is 15.0 Å². The molecule has 0 saturated carbocycles. The monoisotopic (exact) mass is 553 g/mol. The molecule has 0 saturated heterocycles. The number of hydrogen-bond acceptors (Lipinski definition) is 3. The van der Waals surface area contributed by atoms with Gasteiger partial charge in [0, 0.05) is 6.42 Å².